The quantitative estimate of drug-likeness (QED) is 0.790. The van der Waals surface area contributed by atoms with Gasteiger partial charge >= 0.3 is 0 Å². The van der Waals surface area contributed by atoms with Gasteiger partial charge in [-0.2, -0.15) is 0 Å². The molecule has 0 unspecified atom stereocenters. The maximum Gasteiger partial charge on any atom is 0.134 e. The van der Waals surface area contributed by atoms with Gasteiger partial charge in [-0.3, -0.25) is 0 Å². The second-order valence-corrected chi connectivity index (χ2v) is 4.14. The molecule has 3 heteroatoms. The van der Waals surface area contributed by atoms with E-state index >= 15 is 0 Å². The number of aromatic amines is 1. The summed E-state index contributed by atoms with van der Waals surface area (Å²) in [6.07, 6.45) is 1.86. The minimum absolute atomic E-state index is 0.737. The first-order valence-electron chi connectivity index (χ1n) is 4.91. The molecule has 2 rings (SSSR count). The predicted octanol–water partition coefficient (Wildman–Crippen LogP) is 2.40. The average Bonchev–Trinajstić information content (AvgIpc) is 2.61. The van der Waals surface area contributed by atoms with Crippen LogP contribution in [0.5, 0.6) is 5.75 Å². The first kappa shape index (κ1) is 10.1. The van der Waals surface area contributed by atoms with Gasteiger partial charge in [0.1, 0.15) is 5.75 Å². The van der Waals surface area contributed by atoms with Gasteiger partial charge in [-0.15, -0.1) is 0 Å². The van der Waals surface area contributed by atoms with Gasteiger partial charge in [0, 0.05) is 22.7 Å². The maximum absolute atomic E-state index is 10.0. The van der Waals surface area contributed by atoms with E-state index in [1.807, 2.05) is 24.4 Å². The molecule has 1 aromatic heterocycles. The summed E-state index contributed by atoms with van der Waals surface area (Å²) in [7, 11) is 1.62. The van der Waals surface area contributed by atoms with Gasteiger partial charge in [-0.05, 0) is 26.0 Å². The van der Waals surface area contributed by atoms with E-state index in [0.717, 1.165) is 22.2 Å². The summed E-state index contributed by atoms with van der Waals surface area (Å²) in [4.78, 5) is 3.11. The van der Waals surface area contributed by atoms with Gasteiger partial charge in [0.15, 0.2) is 0 Å². The third-order valence-electron chi connectivity index (χ3n) is 2.55. The van der Waals surface area contributed by atoms with Crippen molar-refractivity contribution in [2.45, 2.75) is 19.4 Å². The fourth-order valence-electron chi connectivity index (χ4n) is 1.81. The number of H-pyrrole nitrogens is 1. The molecule has 0 spiro atoms. The zero-order valence-corrected chi connectivity index (χ0v) is 9.16. The molecule has 0 aliphatic heterocycles. The number of methoxy groups -OCH3 is 1. The zero-order valence-electron chi connectivity index (χ0n) is 9.16. The number of rotatable bonds is 2. The van der Waals surface area contributed by atoms with Crippen LogP contribution in [0.3, 0.4) is 0 Å². The van der Waals surface area contributed by atoms with Crippen LogP contribution in [0.15, 0.2) is 24.4 Å². The van der Waals surface area contributed by atoms with Gasteiger partial charge < -0.3 is 14.8 Å². The van der Waals surface area contributed by atoms with E-state index in [-0.39, 0.29) is 0 Å². The number of nitrogens with one attached hydrogen (secondary N) is 1. The van der Waals surface area contributed by atoms with E-state index in [2.05, 4.69) is 4.98 Å². The van der Waals surface area contributed by atoms with E-state index in [1.54, 1.807) is 21.0 Å². The molecule has 0 radical (unpaired) electrons. The Morgan fingerprint density at radius 2 is 2.00 bits per heavy atom. The number of hydrogen-bond donors (Lipinski definition) is 2. The SMILES string of the molecule is COc1c(C(C)(C)O)ccc2[nH]ccc12. The molecule has 0 aliphatic carbocycles. The predicted molar refractivity (Wildman–Crippen MR) is 60.1 cm³/mol. The number of hydrogen-bond acceptors (Lipinski definition) is 2. The Labute approximate surface area is 88.7 Å². The van der Waals surface area contributed by atoms with Crippen molar-refractivity contribution < 1.29 is 9.84 Å². The molecule has 80 valence electrons. The zero-order chi connectivity index (χ0) is 11.1. The van der Waals surface area contributed by atoms with Crippen LogP contribution in [0.25, 0.3) is 10.9 Å². The first-order chi connectivity index (χ1) is 7.04. The highest BCUT2D eigenvalue weighted by molar-refractivity contribution is 5.87. The Bertz CT molecular complexity index is 480. The van der Waals surface area contributed by atoms with Gasteiger partial charge in [0.25, 0.3) is 0 Å². The van der Waals surface area contributed by atoms with Crippen LogP contribution in [0.4, 0.5) is 0 Å². The third-order valence-corrected chi connectivity index (χ3v) is 2.55. The Hall–Kier alpha value is -1.48. The molecule has 0 saturated carbocycles. The van der Waals surface area contributed by atoms with Gasteiger partial charge in [0.2, 0.25) is 0 Å². The van der Waals surface area contributed by atoms with E-state index in [0.29, 0.717) is 0 Å². The monoisotopic (exact) mass is 205 g/mol. The lowest BCUT2D eigenvalue weighted by molar-refractivity contribution is 0.0759. The maximum atomic E-state index is 10.0. The normalized spacial score (nSPS) is 12.0. The van der Waals surface area contributed by atoms with E-state index in [1.165, 1.54) is 0 Å². The molecular formula is C12H15NO2. The lowest BCUT2D eigenvalue weighted by Gasteiger charge is -2.21. The molecule has 15 heavy (non-hydrogen) atoms. The highest BCUT2D eigenvalue weighted by atomic mass is 16.5. The van der Waals surface area contributed by atoms with Crippen LogP contribution in [0.1, 0.15) is 19.4 Å². The molecule has 0 aliphatic rings. The molecule has 0 atom stereocenters. The van der Waals surface area contributed by atoms with Crippen LogP contribution >= 0.6 is 0 Å². The Morgan fingerprint density at radius 1 is 1.27 bits per heavy atom. The fourth-order valence-corrected chi connectivity index (χ4v) is 1.81. The molecule has 2 N–H and O–H groups in total. The summed E-state index contributed by atoms with van der Waals surface area (Å²) >= 11 is 0. The lowest BCUT2D eigenvalue weighted by atomic mass is 9.96. The van der Waals surface area contributed by atoms with E-state index in [9.17, 15) is 5.11 Å². The van der Waals surface area contributed by atoms with Crippen LogP contribution in [0, 0.1) is 0 Å². The van der Waals surface area contributed by atoms with Gasteiger partial charge in [0.05, 0.1) is 12.7 Å². The summed E-state index contributed by atoms with van der Waals surface area (Å²) < 4.78 is 5.36. The summed E-state index contributed by atoms with van der Waals surface area (Å²) in [5, 5.41) is 11.0. The smallest absolute Gasteiger partial charge is 0.134 e. The number of fused-ring (bicyclic) bond motifs is 1. The molecular weight excluding hydrogens is 190 g/mol. The van der Waals surface area contributed by atoms with E-state index in [4.69, 9.17) is 4.74 Å². The third kappa shape index (κ3) is 1.59. The minimum Gasteiger partial charge on any atom is -0.496 e. The van der Waals surface area contributed by atoms with Crippen molar-refractivity contribution in [3.63, 3.8) is 0 Å². The number of benzene rings is 1. The van der Waals surface area contributed by atoms with Crippen molar-refractivity contribution in [2.24, 2.45) is 0 Å². The second kappa shape index (κ2) is 3.28. The molecule has 2 aromatic rings. The van der Waals surface area contributed by atoms with Crippen molar-refractivity contribution in [2.75, 3.05) is 7.11 Å². The minimum atomic E-state index is -0.892. The van der Waals surface area contributed by atoms with Crippen molar-refractivity contribution in [1.29, 1.82) is 0 Å². The topological polar surface area (TPSA) is 45.2 Å². The Morgan fingerprint density at radius 3 is 2.60 bits per heavy atom. The standard InChI is InChI=1S/C12H15NO2/c1-12(2,14)9-4-5-10-8(6-7-13-10)11(9)15-3/h4-7,13-14H,1-3H3. The molecule has 0 bridgehead atoms. The van der Waals surface area contributed by atoms with E-state index < -0.39 is 5.60 Å². The first-order valence-corrected chi connectivity index (χ1v) is 4.91. The average molecular weight is 205 g/mol. The van der Waals surface area contributed by atoms with Crippen molar-refractivity contribution in [3.05, 3.63) is 30.0 Å². The Kier molecular flexibility index (Phi) is 2.20. The van der Waals surface area contributed by atoms with Crippen LogP contribution in [-0.2, 0) is 5.60 Å². The largest absolute Gasteiger partial charge is 0.496 e. The molecule has 3 nitrogen and oxygen atoms in total. The lowest BCUT2D eigenvalue weighted by Crippen LogP contribution is -2.16. The molecule has 0 fully saturated rings. The summed E-state index contributed by atoms with van der Waals surface area (Å²) in [6.45, 7) is 3.51. The summed E-state index contributed by atoms with van der Waals surface area (Å²) in [5.74, 6) is 0.737. The number of aromatic nitrogens is 1. The molecule has 0 saturated heterocycles. The fraction of sp³-hybridized carbons (Fsp3) is 0.333. The van der Waals surface area contributed by atoms with Crippen LogP contribution in [-0.4, -0.2) is 17.2 Å². The molecule has 0 amide bonds. The summed E-state index contributed by atoms with van der Waals surface area (Å²) in [5.41, 5.74) is 0.925. The number of ether oxygens (including phenoxy) is 1. The van der Waals surface area contributed by atoms with Crippen molar-refractivity contribution >= 4 is 10.9 Å². The highest BCUT2D eigenvalue weighted by Gasteiger charge is 2.22. The Balaban J connectivity index is 2.75. The highest BCUT2D eigenvalue weighted by Crippen LogP contribution is 2.35. The van der Waals surface area contributed by atoms with Crippen LogP contribution < -0.4 is 4.74 Å². The van der Waals surface area contributed by atoms with Crippen LogP contribution in [0.2, 0.25) is 0 Å². The summed E-state index contributed by atoms with van der Waals surface area (Å²) in [6, 6.07) is 5.78. The molecule has 1 aromatic carbocycles. The van der Waals surface area contributed by atoms with Crippen molar-refractivity contribution in [3.8, 4) is 5.75 Å². The number of aliphatic hydroxyl groups is 1. The van der Waals surface area contributed by atoms with Gasteiger partial charge in [-0.25, -0.2) is 0 Å². The molecule has 1 heterocycles. The van der Waals surface area contributed by atoms with Crippen molar-refractivity contribution in [1.82, 2.24) is 4.98 Å². The second-order valence-electron chi connectivity index (χ2n) is 4.14. The van der Waals surface area contributed by atoms with Gasteiger partial charge in [-0.1, -0.05) is 6.07 Å².